The molecule has 1 aliphatic carbocycles. The summed E-state index contributed by atoms with van der Waals surface area (Å²) in [6.07, 6.45) is 3.62. The molecule has 3 aromatic rings. The average molecular weight is 470 g/mol. The van der Waals surface area contributed by atoms with Gasteiger partial charge in [0.15, 0.2) is 11.5 Å². The summed E-state index contributed by atoms with van der Waals surface area (Å²) in [5.74, 6) is 0.984. The molecule has 0 radical (unpaired) electrons. The molecule has 0 spiro atoms. The molecular formula is C22H24ClN7O3. The van der Waals surface area contributed by atoms with Crippen LogP contribution in [0.25, 0.3) is 11.4 Å². The number of nitrogens with zero attached hydrogens (tertiary/aromatic N) is 5. The Bertz CT molecular complexity index is 1160. The van der Waals surface area contributed by atoms with E-state index in [1.165, 1.54) is 4.68 Å². The summed E-state index contributed by atoms with van der Waals surface area (Å²) in [4.78, 5) is 33.1. The van der Waals surface area contributed by atoms with E-state index in [0.29, 0.717) is 34.4 Å². The first-order valence-electron chi connectivity index (χ1n) is 10.6. The number of anilines is 2. The second-order valence-electron chi connectivity index (χ2n) is 8.16. The van der Waals surface area contributed by atoms with Crippen LogP contribution in [0, 0.1) is 11.8 Å². The van der Waals surface area contributed by atoms with E-state index < -0.39 is 12.2 Å². The fourth-order valence-electron chi connectivity index (χ4n) is 3.69. The zero-order chi connectivity index (χ0) is 23.5. The van der Waals surface area contributed by atoms with Crippen molar-refractivity contribution in [1.29, 1.82) is 0 Å². The molecule has 33 heavy (non-hydrogen) atoms. The first-order chi connectivity index (χ1) is 15.8. The molecule has 1 saturated carbocycles. The van der Waals surface area contributed by atoms with Gasteiger partial charge in [-0.05, 0) is 43.9 Å². The van der Waals surface area contributed by atoms with E-state index in [4.69, 9.17) is 16.3 Å². The SMILES string of the molecule is C[C@@H](OC(=O)Nc1c(-c2ccc(NC(=O)[C@H]3C[C@H](C)C3)cn2)nnn1C)c1cccnc1Cl. The van der Waals surface area contributed by atoms with E-state index in [1.807, 2.05) is 0 Å². The molecule has 0 bridgehead atoms. The normalized spacial score (nSPS) is 18.2. The first-order valence-corrected chi connectivity index (χ1v) is 10.9. The summed E-state index contributed by atoms with van der Waals surface area (Å²) in [6.45, 7) is 3.83. The van der Waals surface area contributed by atoms with Crippen LogP contribution in [0.1, 0.15) is 38.4 Å². The van der Waals surface area contributed by atoms with E-state index in [-0.39, 0.29) is 17.0 Å². The highest BCUT2D eigenvalue weighted by Crippen LogP contribution is 2.34. The Morgan fingerprint density at radius 2 is 2.00 bits per heavy atom. The maximum absolute atomic E-state index is 12.5. The van der Waals surface area contributed by atoms with Crippen LogP contribution in [0.3, 0.4) is 0 Å². The predicted octanol–water partition coefficient (Wildman–Crippen LogP) is 4.22. The quantitative estimate of drug-likeness (QED) is 0.518. The molecule has 1 fully saturated rings. The van der Waals surface area contributed by atoms with Crippen molar-refractivity contribution in [1.82, 2.24) is 25.0 Å². The monoisotopic (exact) mass is 469 g/mol. The fourth-order valence-corrected chi connectivity index (χ4v) is 3.96. The van der Waals surface area contributed by atoms with E-state index >= 15 is 0 Å². The van der Waals surface area contributed by atoms with E-state index in [2.05, 4.69) is 37.8 Å². The van der Waals surface area contributed by atoms with Gasteiger partial charge in [-0.25, -0.2) is 14.5 Å². The van der Waals surface area contributed by atoms with Crippen molar-refractivity contribution in [2.24, 2.45) is 18.9 Å². The average Bonchev–Trinajstić information content (AvgIpc) is 3.12. The molecule has 11 heteroatoms. The smallest absolute Gasteiger partial charge is 0.413 e. The van der Waals surface area contributed by atoms with Crippen LogP contribution in [0.5, 0.6) is 0 Å². The van der Waals surface area contributed by atoms with Gasteiger partial charge in [0.25, 0.3) is 0 Å². The van der Waals surface area contributed by atoms with Crippen molar-refractivity contribution < 1.29 is 14.3 Å². The molecule has 0 unspecified atom stereocenters. The molecule has 3 heterocycles. The van der Waals surface area contributed by atoms with Crippen LogP contribution >= 0.6 is 11.6 Å². The Balaban J connectivity index is 1.42. The van der Waals surface area contributed by atoms with E-state index in [1.54, 1.807) is 50.6 Å². The van der Waals surface area contributed by atoms with Gasteiger partial charge in [0.2, 0.25) is 5.91 Å². The molecule has 0 aromatic carbocycles. The van der Waals surface area contributed by atoms with Crippen molar-refractivity contribution in [2.45, 2.75) is 32.8 Å². The maximum atomic E-state index is 12.5. The van der Waals surface area contributed by atoms with Gasteiger partial charge in [-0.3, -0.25) is 15.1 Å². The van der Waals surface area contributed by atoms with Gasteiger partial charge < -0.3 is 10.1 Å². The molecule has 1 atom stereocenters. The molecule has 0 saturated heterocycles. The molecular weight excluding hydrogens is 446 g/mol. The van der Waals surface area contributed by atoms with Crippen LogP contribution in [-0.2, 0) is 16.6 Å². The number of aryl methyl sites for hydroxylation is 1. The molecule has 10 nitrogen and oxygen atoms in total. The molecule has 172 valence electrons. The summed E-state index contributed by atoms with van der Waals surface area (Å²) in [5, 5.41) is 13.9. The van der Waals surface area contributed by atoms with Crippen molar-refractivity contribution in [3.8, 4) is 11.4 Å². The van der Waals surface area contributed by atoms with Crippen molar-refractivity contribution in [3.05, 3.63) is 47.4 Å². The third-order valence-electron chi connectivity index (χ3n) is 5.58. The van der Waals surface area contributed by atoms with Gasteiger partial charge in [0, 0.05) is 24.7 Å². The first kappa shape index (κ1) is 22.7. The summed E-state index contributed by atoms with van der Waals surface area (Å²) < 4.78 is 6.84. The largest absolute Gasteiger partial charge is 0.441 e. The number of carbonyl (C=O) groups is 2. The van der Waals surface area contributed by atoms with Crippen LogP contribution in [0.2, 0.25) is 5.15 Å². The summed E-state index contributed by atoms with van der Waals surface area (Å²) >= 11 is 6.07. The molecule has 0 aliphatic heterocycles. The third-order valence-corrected chi connectivity index (χ3v) is 5.89. The number of carbonyl (C=O) groups excluding carboxylic acids is 2. The lowest BCUT2D eigenvalue weighted by Gasteiger charge is -2.31. The molecule has 2 N–H and O–H groups in total. The van der Waals surface area contributed by atoms with Crippen LogP contribution in [0.15, 0.2) is 36.7 Å². The van der Waals surface area contributed by atoms with E-state index in [9.17, 15) is 9.59 Å². The van der Waals surface area contributed by atoms with Gasteiger partial charge in [0.1, 0.15) is 11.3 Å². The molecule has 3 aromatic heterocycles. The summed E-state index contributed by atoms with van der Waals surface area (Å²) in [6, 6.07) is 6.90. The number of amides is 2. The number of nitrogens with one attached hydrogen (secondary N) is 2. The fraction of sp³-hybridized carbons (Fsp3) is 0.364. The minimum absolute atomic E-state index is 0.00935. The zero-order valence-electron chi connectivity index (χ0n) is 18.4. The van der Waals surface area contributed by atoms with Crippen molar-refractivity contribution in [3.63, 3.8) is 0 Å². The Morgan fingerprint density at radius 3 is 2.67 bits per heavy atom. The minimum atomic E-state index is -0.701. The second-order valence-corrected chi connectivity index (χ2v) is 8.52. The molecule has 2 amide bonds. The highest BCUT2D eigenvalue weighted by atomic mass is 35.5. The van der Waals surface area contributed by atoms with Gasteiger partial charge in [-0.2, -0.15) is 0 Å². The predicted molar refractivity (Wildman–Crippen MR) is 123 cm³/mol. The highest BCUT2D eigenvalue weighted by Gasteiger charge is 2.31. The van der Waals surface area contributed by atoms with Gasteiger partial charge in [0.05, 0.1) is 17.6 Å². The second kappa shape index (κ2) is 9.53. The lowest BCUT2D eigenvalue weighted by Crippen LogP contribution is -2.33. The number of halogens is 1. The van der Waals surface area contributed by atoms with Crippen molar-refractivity contribution >= 4 is 35.1 Å². The van der Waals surface area contributed by atoms with Gasteiger partial charge in [-0.1, -0.05) is 29.8 Å². The number of aromatic nitrogens is 5. The van der Waals surface area contributed by atoms with E-state index in [0.717, 1.165) is 12.8 Å². The van der Waals surface area contributed by atoms with Crippen molar-refractivity contribution in [2.75, 3.05) is 10.6 Å². The Hall–Kier alpha value is -3.53. The Kier molecular flexibility index (Phi) is 6.55. The maximum Gasteiger partial charge on any atom is 0.413 e. The molecule has 4 rings (SSSR count). The Morgan fingerprint density at radius 1 is 1.21 bits per heavy atom. The number of pyridine rings is 2. The lowest BCUT2D eigenvalue weighted by molar-refractivity contribution is -0.123. The van der Waals surface area contributed by atoms with Crippen LogP contribution in [-0.4, -0.2) is 37.0 Å². The lowest BCUT2D eigenvalue weighted by atomic mass is 9.75. The number of ether oxygens (including phenoxy) is 1. The number of hydrogen-bond acceptors (Lipinski definition) is 7. The van der Waals surface area contributed by atoms with Crippen LogP contribution in [0.4, 0.5) is 16.3 Å². The summed E-state index contributed by atoms with van der Waals surface area (Å²) in [5.41, 5.74) is 2.04. The standard InChI is InChI=1S/C22H24ClN7O3/c1-12-9-14(10-12)21(31)26-15-6-7-17(25-11-15)18-20(30(3)29-28-18)27-22(32)33-13(2)16-5-4-8-24-19(16)23/h4-8,11-14H,9-10H2,1-3H3,(H,26,31)(H,27,32)/t12-,13-,14-/m1/s1. The van der Waals surface area contributed by atoms with Gasteiger partial charge >= 0.3 is 6.09 Å². The molecule has 1 aliphatic rings. The minimum Gasteiger partial charge on any atom is -0.441 e. The Labute approximate surface area is 195 Å². The van der Waals surface area contributed by atoms with Gasteiger partial charge in [-0.15, -0.1) is 5.10 Å². The summed E-state index contributed by atoms with van der Waals surface area (Å²) in [7, 11) is 1.64. The van der Waals surface area contributed by atoms with Crippen LogP contribution < -0.4 is 10.6 Å². The number of rotatable bonds is 6. The zero-order valence-corrected chi connectivity index (χ0v) is 19.2. The topological polar surface area (TPSA) is 124 Å². The third kappa shape index (κ3) is 5.11. The number of hydrogen-bond donors (Lipinski definition) is 2. The highest BCUT2D eigenvalue weighted by molar-refractivity contribution is 6.30.